The fraction of sp³-hybridized carbons (Fsp3) is 0.156. The molecule has 0 spiro atoms. The van der Waals surface area contributed by atoms with Crippen LogP contribution in [0.25, 0.3) is 0 Å². The molecule has 4 aromatic rings. The Kier molecular flexibility index (Phi) is 8.74. The van der Waals surface area contributed by atoms with Gasteiger partial charge in [0, 0.05) is 24.0 Å². The van der Waals surface area contributed by atoms with Crippen molar-refractivity contribution in [1.82, 2.24) is 0 Å². The van der Waals surface area contributed by atoms with Gasteiger partial charge in [-0.15, -0.1) is 0 Å². The highest BCUT2D eigenvalue weighted by atomic mass is 16.7. The highest BCUT2D eigenvalue weighted by Gasteiger charge is 2.15. The van der Waals surface area contributed by atoms with Crippen molar-refractivity contribution in [3.8, 4) is 23.0 Å². The van der Waals surface area contributed by atoms with E-state index in [0.29, 0.717) is 28.4 Å². The first-order valence-corrected chi connectivity index (χ1v) is 12.4. The van der Waals surface area contributed by atoms with Crippen LogP contribution in [0.1, 0.15) is 53.2 Å². The summed E-state index contributed by atoms with van der Waals surface area (Å²) < 4.78 is 20.8. The van der Waals surface area contributed by atoms with E-state index in [9.17, 15) is 14.4 Å². The third kappa shape index (κ3) is 7.11. The first-order valence-electron chi connectivity index (χ1n) is 12.4. The zero-order valence-corrected chi connectivity index (χ0v) is 21.9. The molecule has 7 nitrogen and oxygen atoms in total. The van der Waals surface area contributed by atoms with Gasteiger partial charge in [-0.05, 0) is 90.3 Å². The number of esters is 1. The van der Waals surface area contributed by atoms with Gasteiger partial charge in [0.05, 0.1) is 7.11 Å². The van der Waals surface area contributed by atoms with Crippen molar-refractivity contribution in [2.75, 3.05) is 7.11 Å². The molecule has 4 rings (SSSR count). The maximum absolute atomic E-state index is 12.7. The molecule has 0 aromatic heterocycles. The standard InChI is InChI=1S/C32H28O7/c1-4-30(22-5-15-27(16-6-22)37-21(2)33)23-7-17-28(18-8-23)38-32(35)39-29-19-11-25(12-20-29)31(34)24-9-13-26(36-3)14-10-24/h5-20,30H,4H2,1-3H3. The fourth-order valence-electron chi connectivity index (χ4n) is 4.16. The lowest BCUT2D eigenvalue weighted by Gasteiger charge is -2.17. The average molecular weight is 525 g/mol. The molecule has 1 atom stereocenters. The van der Waals surface area contributed by atoms with Crippen LogP contribution >= 0.6 is 0 Å². The van der Waals surface area contributed by atoms with Gasteiger partial charge in [0.15, 0.2) is 5.78 Å². The molecule has 0 aliphatic heterocycles. The Bertz CT molecular complexity index is 1420. The summed E-state index contributed by atoms with van der Waals surface area (Å²) in [5, 5.41) is 0. The summed E-state index contributed by atoms with van der Waals surface area (Å²) in [5.74, 6) is 1.37. The topological polar surface area (TPSA) is 88.1 Å². The number of ketones is 1. The minimum Gasteiger partial charge on any atom is -0.497 e. The quantitative estimate of drug-likeness (QED) is 0.101. The van der Waals surface area contributed by atoms with E-state index < -0.39 is 6.16 Å². The Balaban J connectivity index is 1.34. The molecule has 0 heterocycles. The number of methoxy groups -OCH3 is 1. The van der Waals surface area contributed by atoms with Crippen LogP contribution in [0, 0.1) is 0 Å². The van der Waals surface area contributed by atoms with Crippen LogP contribution in [0.3, 0.4) is 0 Å². The van der Waals surface area contributed by atoms with Crippen molar-refractivity contribution in [2.45, 2.75) is 26.2 Å². The molecule has 0 bridgehead atoms. The van der Waals surface area contributed by atoms with Gasteiger partial charge in [0.1, 0.15) is 23.0 Å². The van der Waals surface area contributed by atoms with Crippen LogP contribution in [0.15, 0.2) is 97.1 Å². The summed E-state index contributed by atoms with van der Waals surface area (Å²) in [6.07, 6.45) is -0.0309. The van der Waals surface area contributed by atoms with Crippen molar-refractivity contribution in [3.05, 3.63) is 119 Å². The Morgan fingerprint density at radius 2 is 0.974 bits per heavy atom. The maximum atomic E-state index is 12.7. The van der Waals surface area contributed by atoms with E-state index in [-0.39, 0.29) is 23.4 Å². The minimum atomic E-state index is -0.884. The maximum Gasteiger partial charge on any atom is 0.519 e. The lowest BCUT2D eigenvalue weighted by atomic mass is 9.89. The molecule has 1 unspecified atom stereocenters. The number of ether oxygens (including phenoxy) is 4. The normalized spacial score (nSPS) is 11.3. The first kappa shape index (κ1) is 27.1. The van der Waals surface area contributed by atoms with Gasteiger partial charge in [-0.3, -0.25) is 9.59 Å². The summed E-state index contributed by atoms with van der Waals surface area (Å²) >= 11 is 0. The smallest absolute Gasteiger partial charge is 0.497 e. The van der Waals surface area contributed by atoms with Gasteiger partial charge in [0.25, 0.3) is 0 Å². The zero-order chi connectivity index (χ0) is 27.8. The second-order valence-corrected chi connectivity index (χ2v) is 8.73. The molecular weight excluding hydrogens is 496 g/mol. The molecule has 7 heteroatoms. The first-order chi connectivity index (χ1) is 18.9. The van der Waals surface area contributed by atoms with E-state index in [1.165, 1.54) is 6.92 Å². The van der Waals surface area contributed by atoms with Crippen molar-refractivity contribution in [3.63, 3.8) is 0 Å². The number of carbonyl (C=O) groups is 3. The lowest BCUT2D eigenvalue weighted by molar-refractivity contribution is -0.131. The van der Waals surface area contributed by atoms with Crippen LogP contribution in [0.5, 0.6) is 23.0 Å². The van der Waals surface area contributed by atoms with E-state index in [1.807, 2.05) is 24.3 Å². The van der Waals surface area contributed by atoms with Crippen LogP contribution in [-0.2, 0) is 4.79 Å². The predicted octanol–water partition coefficient (Wildman–Crippen LogP) is 6.97. The van der Waals surface area contributed by atoms with Gasteiger partial charge in [-0.25, -0.2) is 4.79 Å². The van der Waals surface area contributed by atoms with Gasteiger partial charge in [0.2, 0.25) is 0 Å². The Labute approximate surface area is 226 Å². The van der Waals surface area contributed by atoms with E-state index in [4.69, 9.17) is 18.9 Å². The zero-order valence-electron chi connectivity index (χ0n) is 21.9. The van der Waals surface area contributed by atoms with Crippen LogP contribution < -0.4 is 18.9 Å². The molecule has 0 N–H and O–H groups in total. The molecule has 198 valence electrons. The largest absolute Gasteiger partial charge is 0.519 e. The highest BCUT2D eigenvalue weighted by Crippen LogP contribution is 2.30. The second-order valence-electron chi connectivity index (χ2n) is 8.73. The number of benzene rings is 4. The van der Waals surface area contributed by atoms with Crippen molar-refractivity contribution >= 4 is 17.9 Å². The number of hydrogen-bond donors (Lipinski definition) is 0. The Morgan fingerprint density at radius 3 is 1.36 bits per heavy atom. The Morgan fingerprint density at radius 1 is 0.590 bits per heavy atom. The third-order valence-electron chi connectivity index (χ3n) is 6.11. The molecule has 0 fully saturated rings. The van der Waals surface area contributed by atoms with Gasteiger partial charge >= 0.3 is 12.1 Å². The predicted molar refractivity (Wildman–Crippen MR) is 146 cm³/mol. The number of hydrogen-bond acceptors (Lipinski definition) is 7. The molecule has 0 saturated heterocycles. The molecule has 39 heavy (non-hydrogen) atoms. The van der Waals surface area contributed by atoms with Crippen molar-refractivity contribution < 1.29 is 33.3 Å². The molecule has 0 aliphatic carbocycles. The molecule has 0 aliphatic rings. The van der Waals surface area contributed by atoms with Crippen molar-refractivity contribution in [2.24, 2.45) is 0 Å². The van der Waals surface area contributed by atoms with E-state index in [2.05, 4.69) is 6.92 Å². The second kappa shape index (κ2) is 12.6. The van der Waals surface area contributed by atoms with E-state index in [0.717, 1.165) is 17.5 Å². The SMILES string of the molecule is CCC(c1ccc(OC(C)=O)cc1)c1ccc(OC(=O)Oc2ccc(C(=O)c3ccc(OC)cc3)cc2)cc1. The molecule has 4 aromatic carbocycles. The van der Waals surface area contributed by atoms with E-state index >= 15 is 0 Å². The average Bonchev–Trinajstić information content (AvgIpc) is 2.95. The van der Waals surface area contributed by atoms with Gasteiger partial charge in [-0.2, -0.15) is 0 Å². The number of rotatable bonds is 9. The summed E-state index contributed by atoms with van der Waals surface area (Å²) in [4.78, 5) is 36.1. The lowest BCUT2D eigenvalue weighted by Crippen LogP contribution is -2.14. The molecular formula is C32H28O7. The van der Waals surface area contributed by atoms with Crippen molar-refractivity contribution in [1.29, 1.82) is 0 Å². The monoisotopic (exact) mass is 524 g/mol. The van der Waals surface area contributed by atoms with E-state index in [1.54, 1.807) is 79.9 Å². The third-order valence-corrected chi connectivity index (χ3v) is 6.11. The van der Waals surface area contributed by atoms with Gasteiger partial charge in [-0.1, -0.05) is 31.2 Å². The molecule has 0 amide bonds. The molecule has 0 saturated carbocycles. The summed E-state index contributed by atoms with van der Waals surface area (Å²) in [6, 6.07) is 27.7. The fourth-order valence-corrected chi connectivity index (χ4v) is 4.16. The summed E-state index contributed by atoms with van der Waals surface area (Å²) in [7, 11) is 1.56. The highest BCUT2D eigenvalue weighted by molar-refractivity contribution is 6.09. The molecule has 0 radical (unpaired) electrons. The van der Waals surface area contributed by atoms with Crippen LogP contribution in [0.4, 0.5) is 4.79 Å². The summed E-state index contributed by atoms with van der Waals surface area (Å²) in [6.45, 7) is 3.45. The van der Waals surface area contributed by atoms with Crippen LogP contribution in [0.2, 0.25) is 0 Å². The minimum absolute atomic E-state index is 0.122. The van der Waals surface area contributed by atoms with Crippen LogP contribution in [-0.4, -0.2) is 25.0 Å². The Hall–Kier alpha value is -4.91. The summed E-state index contributed by atoms with van der Waals surface area (Å²) in [5.41, 5.74) is 3.12. The number of carbonyl (C=O) groups excluding carboxylic acids is 3. The van der Waals surface area contributed by atoms with Gasteiger partial charge < -0.3 is 18.9 Å².